The second kappa shape index (κ2) is 8.61. The molecule has 0 aliphatic carbocycles. The molecule has 3 rings (SSSR count). The molecule has 0 radical (unpaired) electrons. The Bertz CT molecular complexity index is 1160. The Balaban J connectivity index is 1.97. The molecule has 0 aliphatic rings. The van der Waals surface area contributed by atoms with Gasteiger partial charge >= 0.3 is 6.09 Å². The van der Waals surface area contributed by atoms with Crippen LogP contribution in [-0.4, -0.2) is 40.5 Å². The van der Waals surface area contributed by atoms with Crippen LogP contribution in [0.15, 0.2) is 29.2 Å². The van der Waals surface area contributed by atoms with E-state index in [9.17, 15) is 9.59 Å². The third-order valence-electron chi connectivity index (χ3n) is 5.24. The van der Waals surface area contributed by atoms with E-state index in [1.807, 2.05) is 39.0 Å². The van der Waals surface area contributed by atoms with Gasteiger partial charge in [-0.25, -0.2) is 4.79 Å². The molecular weight excluding hydrogens is 386 g/mol. The van der Waals surface area contributed by atoms with E-state index in [0.29, 0.717) is 35.6 Å². The quantitative estimate of drug-likeness (QED) is 0.575. The number of rotatable bonds is 7. The Kier molecular flexibility index (Phi) is 6.14. The Morgan fingerprint density at radius 1 is 1.27 bits per heavy atom. The normalized spacial score (nSPS) is 13.2. The number of pyridine rings is 2. The first-order chi connectivity index (χ1) is 14.2. The number of nitrogens with zero attached hydrogens (tertiary/aromatic N) is 2. The maximum atomic E-state index is 12.9. The van der Waals surface area contributed by atoms with Crippen molar-refractivity contribution < 1.29 is 19.4 Å². The van der Waals surface area contributed by atoms with Crippen molar-refractivity contribution >= 4 is 27.8 Å². The molecule has 8 heteroatoms. The van der Waals surface area contributed by atoms with Gasteiger partial charge in [-0.1, -0.05) is 6.92 Å². The smallest absolute Gasteiger partial charge is 0.404 e. The molecule has 0 spiro atoms. The lowest BCUT2D eigenvalue weighted by molar-refractivity contribution is 0.185. The largest absolute Gasteiger partial charge is 0.493 e. The predicted molar refractivity (Wildman–Crippen MR) is 116 cm³/mol. The minimum absolute atomic E-state index is 0.110. The Hall–Kier alpha value is -3.29. The molecule has 0 aliphatic heterocycles. The highest BCUT2D eigenvalue weighted by Gasteiger charge is 2.17. The van der Waals surface area contributed by atoms with E-state index in [0.717, 1.165) is 16.3 Å². The van der Waals surface area contributed by atoms with Gasteiger partial charge in [0.15, 0.2) is 11.5 Å². The highest BCUT2D eigenvalue weighted by molar-refractivity contribution is 6.07. The van der Waals surface area contributed by atoms with E-state index in [1.54, 1.807) is 24.9 Å². The average Bonchev–Trinajstić information content (AvgIpc) is 2.69. The number of hydrogen-bond donors (Lipinski definition) is 2. The van der Waals surface area contributed by atoms with Crippen LogP contribution >= 0.6 is 0 Å². The van der Waals surface area contributed by atoms with E-state index in [-0.39, 0.29) is 17.5 Å². The fourth-order valence-electron chi connectivity index (χ4n) is 3.83. The second-order valence-electron chi connectivity index (χ2n) is 7.71. The summed E-state index contributed by atoms with van der Waals surface area (Å²) in [5, 5.41) is 13.6. The van der Waals surface area contributed by atoms with E-state index in [4.69, 9.17) is 14.6 Å². The Morgan fingerprint density at radius 2 is 2.00 bits per heavy atom. The monoisotopic (exact) mass is 413 g/mol. The molecule has 2 aromatic heterocycles. The molecule has 0 saturated carbocycles. The van der Waals surface area contributed by atoms with Gasteiger partial charge in [0, 0.05) is 36.1 Å². The van der Waals surface area contributed by atoms with Crippen molar-refractivity contribution in [1.29, 1.82) is 0 Å². The number of carboxylic acid groups (broad SMARTS) is 1. The summed E-state index contributed by atoms with van der Waals surface area (Å²) in [4.78, 5) is 27.9. The van der Waals surface area contributed by atoms with Gasteiger partial charge in [-0.3, -0.25) is 9.78 Å². The molecule has 0 saturated heterocycles. The van der Waals surface area contributed by atoms with Gasteiger partial charge in [0.25, 0.3) is 5.56 Å². The summed E-state index contributed by atoms with van der Waals surface area (Å²) in [5.41, 5.74) is 1.32. The van der Waals surface area contributed by atoms with Crippen LogP contribution in [0.1, 0.15) is 26.0 Å². The number of aromatic nitrogens is 2. The fourth-order valence-corrected chi connectivity index (χ4v) is 3.83. The maximum absolute atomic E-state index is 12.9. The molecule has 1 aromatic carbocycles. The van der Waals surface area contributed by atoms with Gasteiger partial charge in [-0.05, 0) is 38.3 Å². The minimum Gasteiger partial charge on any atom is -0.493 e. The van der Waals surface area contributed by atoms with E-state index in [2.05, 4.69) is 10.3 Å². The zero-order chi connectivity index (χ0) is 22.0. The van der Waals surface area contributed by atoms with E-state index >= 15 is 0 Å². The van der Waals surface area contributed by atoms with Gasteiger partial charge in [0.2, 0.25) is 0 Å². The van der Waals surface area contributed by atoms with Crippen molar-refractivity contribution in [3.8, 4) is 11.5 Å². The molecule has 3 aromatic rings. The average molecular weight is 413 g/mol. The third kappa shape index (κ3) is 4.17. The van der Waals surface area contributed by atoms with Gasteiger partial charge in [0.05, 0.1) is 30.3 Å². The molecule has 2 unspecified atom stereocenters. The van der Waals surface area contributed by atoms with Crippen LogP contribution in [0.2, 0.25) is 0 Å². The SMILES string of the molecule is COc1cc2c3ccnc(C)c3c(=O)n(C)c2cc1OCC(C)CC(C)NC(=O)O. The van der Waals surface area contributed by atoms with Crippen LogP contribution in [-0.2, 0) is 7.05 Å². The molecule has 0 fully saturated rings. The van der Waals surface area contributed by atoms with Gasteiger partial charge < -0.3 is 24.5 Å². The first-order valence-corrected chi connectivity index (χ1v) is 9.81. The first-order valence-electron chi connectivity index (χ1n) is 9.81. The van der Waals surface area contributed by atoms with Crippen LogP contribution in [0, 0.1) is 12.8 Å². The highest BCUT2D eigenvalue weighted by Crippen LogP contribution is 2.35. The van der Waals surface area contributed by atoms with Crippen LogP contribution in [0.25, 0.3) is 21.7 Å². The number of amides is 1. The van der Waals surface area contributed by atoms with Gasteiger partial charge in [0.1, 0.15) is 0 Å². The third-order valence-corrected chi connectivity index (χ3v) is 5.24. The zero-order valence-corrected chi connectivity index (χ0v) is 17.9. The number of aryl methyl sites for hydroxylation is 2. The van der Waals surface area contributed by atoms with E-state index in [1.165, 1.54) is 0 Å². The molecular formula is C22H27N3O5. The minimum atomic E-state index is -1.04. The number of benzene rings is 1. The highest BCUT2D eigenvalue weighted by atomic mass is 16.5. The van der Waals surface area contributed by atoms with Crippen molar-refractivity contribution in [2.45, 2.75) is 33.2 Å². The summed E-state index contributed by atoms with van der Waals surface area (Å²) in [6.07, 6.45) is 1.30. The number of methoxy groups -OCH3 is 1. The summed E-state index contributed by atoms with van der Waals surface area (Å²) in [6, 6.07) is 5.36. The zero-order valence-electron chi connectivity index (χ0n) is 17.9. The molecule has 1 amide bonds. The molecule has 160 valence electrons. The van der Waals surface area contributed by atoms with Crippen molar-refractivity contribution in [1.82, 2.24) is 14.9 Å². The van der Waals surface area contributed by atoms with Crippen molar-refractivity contribution in [3.63, 3.8) is 0 Å². The molecule has 30 heavy (non-hydrogen) atoms. The Morgan fingerprint density at radius 3 is 2.67 bits per heavy atom. The predicted octanol–water partition coefficient (Wildman–Crippen LogP) is 3.46. The van der Waals surface area contributed by atoms with Gasteiger partial charge in [-0.2, -0.15) is 0 Å². The topological polar surface area (TPSA) is 103 Å². The summed E-state index contributed by atoms with van der Waals surface area (Å²) < 4.78 is 13.2. The first kappa shape index (κ1) is 21.4. The lowest BCUT2D eigenvalue weighted by Crippen LogP contribution is -2.33. The summed E-state index contributed by atoms with van der Waals surface area (Å²) >= 11 is 0. The number of nitrogens with one attached hydrogen (secondary N) is 1. The summed E-state index contributed by atoms with van der Waals surface area (Å²) in [5.74, 6) is 1.22. The van der Waals surface area contributed by atoms with Crippen molar-refractivity contribution in [2.24, 2.45) is 13.0 Å². The molecule has 8 nitrogen and oxygen atoms in total. The van der Waals surface area contributed by atoms with Crippen molar-refractivity contribution in [2.75, 3.05) is 13.7 Å². The lowest BCUT2D eigenvalue weighted by atomic mass is 10.0. The maximum Gasteiger partial charge on any atom is 0.404 e. The summed E-state index contributed by atoms with van der Waals surface area (Å²) in [6.45, 7) is 6.02. The van der Waals surface area contributed by atoms with Gasteiger partial charge in [-0.15, -0.1) is 0 Å². The molecule has 2 heterocycles. The molecule has 0 bridgehead atoms. The number of ether oxygens (including phenoxy) is 2. The second-order valence-corrected chi connectivity index (χ2v) is 7.71. The molecule has 2 atom stereocenters. The van der Waals surface area contributed by atoms with Crippen LogP contribution in [0.5, 0.6) is 11.5 Å². The Labute approximate surface area is 174 Å². The lowest BCUT2D eigenvalue weighted by Gasteiger charge is -2.19. The van der Waals surface area contributed by atoms with E-state index < -0.39 is 6.09 Å². The van der Waals surface area contributed by atoms with Crippen molar-refractivity contribution in [3.05, 3.63) is 40.4 Å². The number of fused-ring (bicyclic) bond motifs is 3. The number of hydrogen-bond acceptors (Lipinski definition) is 5. The van der Waals surface area contributed by atoms with Crippen LogP contribution in [0.4, 0.5) is 4.79 Å². The molecule has 2 N–H and O–H groups in total. The van der Waals surface area contributed by atoms with Crippen LogP contribution in [0.3, 0.4) is 0 Å². The summed E-state index contributed by atoms with van der Waals surface area (Å²) in [7, 11) is 3.31. The van der Waals surface area contributed by atoms with Crippen LogP contribution < -0.4 is 20.3 Å². The standard InChI is InChI=1S/C22H27N3O5/c1-12(8-13(2)24-22(27)28)11-30-19-10-17-16(9-18(19)29-5)15-6-7-23-14(3)20(15)21(26)25(17)4/h6-7,9-10,12-13,24H,8,11H2,1-5H3,(H,27,28). The number of carbonyl (C=O) groups is 1. The fraction of sp³-hybridized carbons (Fsp3) is 0.409.